The number of carbonyl (C=O) groups is 3. The van der Waals surface area contributed by atoms with Crippen molar-refractivity contribution in [2.45, 2.75) is 116 Å². The van der Waals surface area contributed by atoms with Crippen molar-refractivity contribution in [2.75, 3.05) is 18.8 Å². The van der Waals surface area contributed by atoms with Crippen molar-refractivity contribution in [3.8, 4) is 0 Å². The molecule has 0 radical (unpaired) electrons. The molecule has 3 aliphatic carbocycles. The predicted molar refractivity (Wildman–Crippen MR) is 167 cm³/mol. The van der Waals surface area contributed by atoms with Gasteiger partial charge in [0.1, 0.15) is 11.6 Å². The van der Waals surface area contributed by atoms with E-state index >= 15 is 0 Å². The number of carboxylic acid groups (broad SMARTS) is 1. The molecule has 1 aromatic rings. The number of piperidine rings is 1. The molecule has 11 heteroatoms. The van der Waals surface area contributed by atoms with E-state index in [2.05, 4.69) is 48.7 Å². The van der Waals surface area contributed by atoms with Crippen molar-refractivity contribution in [3.05, 3.63) is 35.4 Å². The zero-order chi connectivity index (χ0) is 32.1. The van der Waals surface area contributed by atoms with Crippen LogP contribution in [0.4, 0.5) is 4.79 Å². The van der Waals surface area contributed by atoms with E-state index in [1.165, 1.54) is 11.1 Å². The number of amides is 2. The summed E-state index contributed by atoms with van der Waals surface area (Å²) >= 11 is 0. The minimum Gasteiger partial charge on any atom is -0.481 e. The Hall–Kier alpha value is -2.66. The Bertz CT molecular complexity index is 1390. The number of aryl methyl sites for hydroxylation is 1. The smallest absolute Gasteiger partial charge is 0.408 e. The first-order valence-corrected chi connectivity index (χ1v) is 17.7. The maximum Gasteiger partial charge on any atom is 0.408 e. The molecule has 2 saturated carbocycles. The van der Waals surface area contributed by atoms with Crippen molar-refractivity contribution in [1.29, 1.82) is 0 Å². The predicted octanol–water partition coefficient (Wildman–Crippen LogP) is 4.37. The Kier molecular flexibility index (Phi) is 8.63. The summed E-state index contributed by atoms with van der Waals surface area (Å²) in [5.41, 5.74) is 1.02. The molecule has 1 aliphatic heterocycles. The summed E-state index contributed by atoms with van der Waals surface area (Å²) in [6.45, 7) is 10.3. The summed E-state index contributed by atoms with van der Waals surface area (Å²) < 4.78 is 35.3. The van der Waals surface area contributed by atoms with Gasteiger partial charge in [-0.15, -0.1) is 0 Å². The third kappa shape index (κ3) is 6.10. The van der Waals surface area contributed by atoms with Gasteiger partial charge in [0.2, 0.25) is 15.9 Å². The fourth-order valence-electron chi connectivity index (χ4n) is 8.77. The lowest BCUT2D eigenvalue weighted by Gasteiger charge is -2.45. The van der Waals surface area contributed by atoms with E-state index in [4.69, 9.17) is 4.74 Å². The molecular weight excluding hydrogens is 582 g/mol. The van der Waals surface area contributed by atoms with Gasteiger partial charge in [0, 0.05) is 31.0 Å². The highest BCUT2D eigenvalue weighted by molar-refractivity contribution is 7.89. The van der Waals surface area contributed by atoms with Gasteiger partial charge in [-0.1, -0.05) is 38.1 Å². The molecule has 3 N–H and O–H groups in total. The quantitative estimate of drug-likeness (QED) is 0.368. The lowest BCUT2D eigenvalue weighted by Crippen LogP contribution is -2.58. The average molecular weight is 632 g/mol. The first-order chi connectivity index (χ1) is 20.5. The van der Waals surface area contributed by atoms with Crippen molar-refractivity contribution < 1.29 is 32.6 Å². The van der Waals surface area contributed by atoms with Gasteiger partial charge in [-0.2, -0.15) is 0 Å². The SMILES string of the molecule is CC(C)(C)OC(=O)N[C@@H](CCC(=O)O)C(=O)N[C@H]1C[C@H]2CC[C@]1(CS(=O)(=O)N1CCC3(CCc4ccccc43)CC1)C2(C)C. The van der Waals surface area contributed by atoms with E-state index < -0.39 is 51.1 Å². The van der Waals surface area contributed by atoms with Crippen LogP contribution in [0.15, 0.2) is 24.3 Å². The second-order valence-corrected chi connectivity index (χ2v) is 17.1. The Labute approximate surface area is 261 Å². The molecule has 0 aromatic heterocycles. The zero-order valence-corrected chi connectivity index (χ0v) is 27.6. The number of aliphatic carboxylic acids is 1. The van der Waals surface area contributed by atoms with Crippen LogP contribution in [-0.2, 0) is 36.2 Å². The fraction of sp³-hybridized carbons (Fsp3) is 0.727. The molecule has 1 saturated heterocycles. The monoisotopic (exact) mass is 631 g/mol. The molecule has 4 atom stereocenters. The van der Waals surface area contributed by atoms with Gasteiger partial charge in [-0.3, -0.25) is 9.59 Å². The standard InChI is InChI=1S/C33H49N3O7S/c1-30(2,3)43-29(40)34-25(10-11-27(37)38)28(39)35-26-20-23-13-15-33(26,31(23,4)5)21-44(41,42)36-18-16-32(17-19-36)14-12-22-8-6-7-9-24(22)32/h6-9,23,25-26H,10-21H2,1-5H3,(H,34,40)(H,35,39)(H,37,38)/t23-,25+,26+,33-/m1/s1. The van der Waals surface area contributed by atoms with Gasteiger partial charge in [0.05, 0.1) is 5.75 Å². The number of carboxylic acids is 1. The van der Waals surface area contributed by atoms with Crippen molar-refractivity contribution in [1.82, 2.24) is 14.9 Å². The number of hydrogen-bond acceptors (Lipinski definition) is 6. The van der Waals surface area contributed by atoms with Gasteiger partial charge in [0.15, 0.2) is 0 Å². The summed E-state index contributed by atoms with van der Waals surface area (Å²) in [7, 11) is -3.64. The number of benzene rings is 1. The van der Waals surface area contributed by atoms with Crippen LogP contribution < -0.4 is 10.6 Å². The molecule has 3 fully saturated rings. The zero-order valence-electron chi connectivity index (χ0n) is 26.8. The first-order valence-electron chi connectivity index (χ1n) is 16.1. The van der Waals surface area contributed by atoms with Crippen LogP contribution in [0.25, 0.3) is 0 Å². The molecule has 1 spiro atoms. The van der Waals surface area contributed by atoms with E-state index in [9.17, 15) is 27.9 Å². The summed E-state index contributed by atoms with van der Waals surface area (Å²) in [6, 6.07) is 7.02. The maximum atomic E-state index is 14.2. The number of fused-ring (bicyclic) bond motifs is 4. The highest BCUT2D eigenvalue weighted by Crippen LogP contribution is 2.66. The number of ether oxygens (including phenoxy) is 1. The number of nitrogens with one attached hydrogen (secondary N) is 2. The molecule has 44 heavy (non-hydrogen) atoms. The molecule has 1 heterocycles. The lowest BCUT2D eigenvalue weighted by molar-refractivity contribution is -0.137. The van der Waals surface area contributed by atoms with Crippen molar-refractivity contribution in [3.63, 3.8) is 0 Å². The molecule has 2 bridgehead atoms. The Morgan fingerprint density at radius 1 is 1.09 bits per heavy atom. The second kappa shape index (κ2) is 11.6. The van der Waals surface area contributed by atoms with Crippen LogP contribution >= 0.6 is 0 Å². The van der Waals surface area contributed by atoms with E-state index in [0.717, 1.165) is 32.1 Å². The number of carbonyl (C=O) groups excluding carboxylic acids is 2. The third-order valence-corrected chi connectivity index (χ3v) is 13.4. The van der Waals surface area contributed by atoms with Gasteiger partial charge in [-0.25, -0.2) is 17.5 Å². The molecule has 1 aromatic carbocycles. The lowest BCUT2D eigenvalue weighted by atomic mass is 9.69. The number of rotatable bonds is 9. The number of sulfonamides is 1. The molecule has 4 aliphatic rings. The second-order valence-electron chi connectivity index (χ2n) is 15.1. The highest BCUT2D eigenvalue weighted by atomic mass is 32.2. The number of alkyl carbamates (subject to hydrolysis) is 1. The third-order valence-electron chi connectivity index (χ3n) is 11.4. The van der Waals surface area contributed by atoms with Crippen LogP contribution in [-0.4, -0.2) is 72.3 Å². The molecule has 0 unspecified atom stereocenters. The van der Waals surface area contributed by atoms with E-state index in [1.54, 1.807) is 25.1 Å². The van der Waals surface area contributed by atoms with Gasteiger partial charge >= 0.3 is 12.1 Å². The average Bonchev–Trinajstić information content (AvgIpc) is 3.46. The highest BCUT2D eigenvalue weighted by Gasteiger charge is 2.66. The Morgan fingerprint density at radius 2 is 1.77 bits per heavy atom. The van der Waals surface area contributed by atoms with Crippen LogP contribution in [0.3, 0.4) is 0 Å². The minimum absolute atomic E-state index is 0.0443. The maximum absolute atomic E-state index is 14.2. The molecule has 244 valence electrons. The normalized spacial score (nSPS) is 27.9. The first kappa shape index (κ1) is 32.7. The summed E-state index contributed by atoms with van der Waals surface area (Å²) in [6.07, 6.45) is 4.72. The molecular formula is C33H49N3O7S. The van der Waals surface area contributed by atoms with Crippen LogP contribution in [0, 0.1) is 16.7 Å². The fourth-order valence-corrected chi connectivity index (χ4v) is 11.1. The minimum atomic E-state index is -3.64. The van der Waals surface area contributed by atoms with Crippen LogP contribution in [0.1, 0.15) is 97.1 Å². The Balaban J connectivity index is 1.31. The Morgan fingerprint density at radius 3 is 2.41 bits per heavy atom. The number of hydrogen-bond donors (Lipinski definition) is 3. The molecule has 2 amide bonds. The van der Waals surface area contributed by atoms with Crippen molar-refractivity contribution in [2.24, 2.45) is 16.7 Å². The number of nitrogens with zero attached hydrogens (tertiary/aromatic N) is 1. The topological polar surface area (TPSA) is 142 Å². The van der Waals surface area contributed by atoms with Crippen LogP contribution in [0.2, 0.25) is 0 Å². The van der Waals surface area contributed by atoms with E-state index in [1.807, 2.05) is 0 Å². The van der Waals surface area contributed by atoms with Crippen LogP contribution in [0.5, 0.6) is 0 Å². The summed E-state index contributed by atoms with van der Waals surface area (Å²) in [4.78, 5) is 37.5. The van der Waals surface area contributed by atoms with Crippen molar-refractivity contribution >= 4 is 28.0 Å². The van der Waals surface area contributed by atoms with E-state index in [0.29, 0.717) is 25.9 Å². The van der Waals surface area contributed by atoms with Gasteiger partial charge in [-0.05, 0) is 100 Å². The molecule has 10 nitrogen and oxygen atoms in total. The van der Waals surface area contributed by atoms with E-state index in [-0.39, 0.29) is 35.3 Å². The van der Waals surface area contributed by atoms with Gasteiger partial charge < -0.3 is 20.5 Å². The summed E-state index contributed by atoms with van der Waals surface area (Å²) in [5.74, 6) is -1.39. The summed E-state index contributed by atoms with van der Waals surface area (Å²) in [5, 5.41) is 14.9. The molecule has 5 rings (SSSR count). The van der Waals surface area contributed by atoms with Gasteiger partial charge in [0.25, 0.3) is 0 Å². The largest absolute Gasteiger partial charge is 0.481 e.